The zero-order chi connectivity index (χ0) is 11.4. The summed E-state index contributed by atoms with van der Waals surface area (Å²) in [5, 5.41) is 0. The lowest BCUT2D eigenvalue weighted by Gasteiger charge is -2.08. The molecule has 16 heavy (non-hydrogen) atoms. The molecule has 1 aromatic carbocycles. The Hall–Kier alpha value is -2.03. The monoisotopic (exact) mass is 214 g/mol. The molecule has 0 aliphatic heterocycles. The van der Waals surface area contributed by atoms with Crippen LogP contribution >= 0.6 is 0 Å². The van der Waals surface area contributed by atoms with Gasteiger partial charge >= 0.3 is 0 Å². The minimum Gasteiger partial charge on any atom is -0.437 e. The molecule has 2 rings (SSSR count). The third kappa shape index (κ3) is 2.31. The highest BCUT2D eigenvalue weighted by Gasteiger charge is 2.03. The predicted molar refractivity (Wildman–Crippen MR) is 64.5 cm³/mol. The number of nitrogens with two attached hydrogens (primary N) is 1. The highest BCUT2D eigenvalue weighted by molar-refractivity contribution is 5.55. The van der Waals surface area contributed by atoms with Crippen LogP contribution in [-0.4, -0.2) is 4.98 Å². The third-order valence-corrected chi connectivity index (χ3v) is 2.33. The lowest BCUT2D eigenvalue weighted by atomic mass is 10.1. The second kappa shape index (κ2) is 4.66. The van der Waals surface area contributed by atoms with Crippen molar-refractivity contribution in [3.63, 3.8) is 0 Å². The second-order valence-corrected chi connectivity index (χ2v) is 3.50. The van der Waals surface area contributed by atoms with Crippen molar-refractivity contribution in [1.82, 2.24) is 4.98 Å². The van der Waals surface area contributed by atoms with E-state index in [9.17, 15) is 0 Å². The van der Waals surface area contributed by atoms with E-state index in [4.69, 9.17) is 10.5 Å². The van der Waals surface area contributed by atoms with Gasteiger partial charge in [-0.2, -0.15) is 0 Å². The summed E-state index contributed by atoms with van der Waals surface area (Å²) in [6.07, 6.45) is 2.65. The number of hydrogen-bond acceptors (Lipinski definition) is 3. The molecular weight excluding hydrogens is 200 g/mol. The number of pyridine rings is 1. The van der Waals surface area contributed by atoms with Crippen LogP contribution in [0.5, 0.6) is 11.6 Å². The average molecular weight is 214 g/mol. The van der Waals surface area contributed by atoms with E-state index in [2.05, 4.69) is 11.9 Å². The minimum absolute atomic E-state index is 0.554. The van der Waals surface area contributed by atoms with Gasteiger partial charge in [0.05, 0.1) is 5.69 Å². The van der Waals surface area contributed by atoms with Crippen molar-refractivity contribution >= 4 is 5.69 Å². The number of benzene rings is 1. The molecule has 0 aliphatic carbocycles. The number of nitrogens with zero attached hydrogens (tertiary/aromatic N) is 1. The molecule has 0 atom stereocenters. The van der Waals surface area contributed by atoms with Crippen LogP contribution in [0.2, 0.25) is 0 Å². The predicted octanol–water partition coefficient (Wildman–Crippen LogP) is 3.02. The van der Waals surface area contributed by atoms with Gasteiger partial charge in [0.1, 0.15) is 0 Å². The van der Waals surface area contributed by atoms with Gasteiger partial charge in [0.2, 0.25) is 5.88 Å². The molecule has 3 nitrogen and oxygen atoms in total. The fourth-order valence-electron chi connectivity index (χ4n) is 1.43. The molecule has 2 N–H and O–H groups in total. The summed E-state index contributed by atoms with van der Waals surface area (Å²) in [5.41, 5.74) is 7.74. The maximum atomic E-state index is 5.89. The van der Waals surface area contributed by atoms with Crippen LogP contribution in [-0.2, 0) is 6.42 Å². The number of aromatic nitrogens is 1. The summed E-state index contributed by atoms with van der Waals surface area (Å²) in [4.78, 5) is 4.08. The molecule has 0 amide bonds. The Morgan fingerprint density at radius 2 is 2.12 bits per heavy atom. The summed E-state index contributed by atoms with van der Waals surface area (Å²) in [5.74, 6) is 1.20. The number of hydrogen-bond donors (Lipinski definition) is 1. The number of ether oxygens (including phenoxy) is 1. The molecule has 0 saturated heterocycles. The quantitative estimate of drug-likeness (QED) is 0.799. The molecule has 2 aromatic rings. The molecule has 0 spiro atoms. The first kappa shape index (κ1) is 10.5. The summed E-state index contributed by atoms with van der Waals surface area (Å²) in [7, 11) is 0. The molecule has 3 heteroatoms. The van der Waals surface area contributed by atoms with Crippen LogP contribution < -0.4 is 10.5 Å². The van der Waals surface area contributed by atoms with Gasteiger partial charge in [-0.3, -0.25) is 0 Å². The van der Waals surface area contributed by atoms with Gasteiger partial charge < -0.3 is 10.5 Å². The molecule has 0 saturated carbocycles. The SMILES string of the molecule is CCc1ccc(Oc2ccccn2)c(N)c1. The van der Waals surface area contributed by atoms with E-state index < -0.39 is 0 Å². The molecule has 1 aromatic heterocycles. The van der Waals surface area contributed by atoms with E-state index in [0.717, 1.165) is 6.42 Å². The Morgan fingerprint density at radius 3 is 2.75 bits per heavy atom. The maximum absolute atomic E-state index is 5.89. The normalized spacial score (nSPS) is 10.1. The van der Waals surface area contributed by atoms with Crippen LogP contribution in [0, 0.1) is 0 Å². The van der Waals surface area contributed by atoms with Gasteiger partial charge in [-0.15, -0.1) is 0 Å². The van der Waals surface area contributed by atoms with Crippen molar-refractivity contribution < 1.29 is 4.74 Å². The Labute approximate surface area is 94.9 Å². The summed E-state index contributed by atoms with van der Waals surface area (Å²) >= 11 is 0. The van der Waals surface area contributed by atoms with Crippen LogP contribution in [0.3, 0.4) is 0 Å². The van der Waals surface area contributed by atoms with Crippen molar-refractivity contribution in [3.05, 3.63) is 48.2 Å². The average Bonchev–Trinajstić information content (AvgIpc) is 2.33. The maximum Gasteiger partial charge on any atom is 0.219 e. The zero-order valence-corrected chi connectivity index (χ0v) is 9.18. The summed E-state index contributed by atoms with van der Waals surface area (Å²) in [6, 6.07) is 11.3. The summed E-state index contributed by atoms with van der Waals surface area (Å²) < 4.78 is 5.57. The van der Waals surface area contributed by atoms with Crippen LogP contribution in [0.15, 0.2) is 42.6 Å². The second-order valence-electron chi connectivity index (χ2n) is 3.50. The van der Waals surface area contributed by atoms with Gasteiger partial charge in [-0.1, -0.05) is 19.1 Å². The zero-order valence-electron chi connectivity index (χ0n) is 9.18. The fourth-order valence-corrected chi connectivity index (χ4v) is 1.43. The number of nitrogen functional groups attached to an aromatic ring is 1. The molecular formula is C13H14N2O. The van der Waals surface area contributed by atoms with Crippen molar-refractivity contribution in [1.29, 1.82) is 0 Å². The van der Waals surface area contributed by atoms with Crippen LogP contribution in [0.4, 0.5) is 5.69 Å². The summed E-state index contributed by atoms with van der Waals surface area (Å²) in [6.45, 7) is 2.09. The molecule has 1 heterocycles. The first-order chi connectivity index (χ1) is 7.79. The Kier molecular flexibility index (Phi) is 3.05. The molecule has 0 fully saturated rings. The molecule has 0 bridgehead atoms. The molecule has 0 unspecified atom stereocenters. The van der Waals surface area contributed by atoms with Crippen molar-refractivity contribution in [2.75, 3.05) is 5.73 Å². The van der Waals surface area contributed by atoms with E-state index in [1.807, 2.05) is 30.3 Å². The molecule has 0 aliphatic rings. The Balaban J connectivity index is 2.22. The van der Waals surface area contributed by atoms with Crippen molar-refractivity contribution in [2.45, 2.75) is 13.3 Å². The first-order valence-corrected chi connectivity index (χ1v) is 5.27. The fraction of sp³-hybridized carbons (Fsp3) is 0.154. The number of rotatable bonds is 3. The van der Waals surface area contributed by atoms with Gasteiger partial charge in [-0.05, 0) is 30.2 Å². The lowest BCUT2D eigenvalue weighted by Crippen LogP contribution is -1.94. The Morgan fingerprint density at radius 1 is 1.25 bits per heavy atom. The van der Waals surface area contributed by atoms with E-state index >= 15 is 0 Å². The standard InChI is InChI=1S/C13H14N2O/c1-2-10-6-7-12(11(14)9-10)16-13-5-3-4-8-15-13/h3-9H,2,14H2,1H3. The van der Waals surface area contributed by atoms with E-state index in [0.29, 0.717) is 17.3 Å². The van der Waals surface area contributed by atoms with Gasteiger partial charge in [0.25, 0.3) is 0 Å². The van der Waals surface area contributed by atoms with E-state index in [1.54, 1.807) is 12.3 Å². The highest BCUT2D eigenvalue weighted by atomic mass is 16.5. The Bertz CT molecular complexity index is 469. The lowest BCUT2D eigenvalue weighted by molar-refractivity contribution is 0.465. The smallest absolute Gasteiger partial charge is 0.219 e. The highest BCUT2D eigenvalue weighted by Crippen LogP contribution is 2.26. The van der Waals surface area contributed by atoms with Gasteiger partial charge in [-0.25, -0.2) is 4.98 Å². The van der Waals surface area contributed by atoms with Crippen molar-refractivity contribution in [3.8, 4) is 11.6 Å². The van der Waals surface area contributed by atoms with Crippen molar-refractivity contribution in [2.24, 2.45) is 0 Å². The van der Waals surface area contributed by atoms with Crippen LogP contribution in [0.1, 0.15) is 12.5 Å². The van der Waals surface area contributed by atoms with E-state index in [1.165, 1.54) is 5.56 Å². The number of aryl methyl sites for hydroxylation is 1. The first-order valence-electron chi connectivity index (χ1n) is 5.27. The molecule has 82 valence electrons. The third-order valence-electron chi connectivity index (χ3n) is 2.33. The largest absolute Gasteiger partial charge is 0.437 e. The molecule has 0 radical (unpaired) electrons. The topological polar surface area (TPSA) is 48.1 Å². The number of anilines is 1. The van der Waals surface area contributed by atoms with Gasteiger partial charge in [0.15, 0.2) is 5.75 Å². The van der Waals surface area contributed by atoms with E-state index in [-0.39, 0.29) is 0 Å². The van der Waals surface area contributed by atoms with Crippen LogP contribution in [0.25, 0.3) is 0 Å². The van der Waals surface area contributed by atoms with Gasteiger partial charge in [0, 0.05) is 12.3 Å². The minimum atomic E-state index is 0.554.